The second-order valence-corrected chi connectivity index (χ2v) is 5.44. The zero-order valence-corrected chi connectivity index (χ0v) is 13.1. The van der Waals surface area contributed by atoms with E-state index in [9.17, 15) is 0 Å². The van der Waals surface area contributed by atoms with Crippen LogP contribution in [0, 0.1) is 6.92 Å². The number of rotatable bonds is 4. The van der Waals surface area contributed by atoms with Gasteiger partial charge in [-0.05, 0) is 25.5 Å². The normalized spacial score (nSPS) is 10.7. The standard InChI is InChI=1S/C14H19BrN4/c1-4-19-14(13(16)10(2)17-19)18(3)9-11-7-5-6-8-12(11)15/h5-8H,4,9,16H2,1-3H3. The molecule has 0 saturated carbocycles. The summed E-state index contributed by atoms with van der Waals surface area (Å²) in [6, 6.07) is 8.22. The number of hydrogen-bond donors (Lipinski definition) is 1. The third-order valence-corrected chi connectivity index (χ3v) is 3.95. The highest BCUT2D eigenvalue weighted by Crippen LogP contribution is 2.28. The van der Waals surface area contributed by atoms with E-state index in [0.717, 1.165) is 34.8 Å². The van der Waals surface area contributed by atoms with E-state index in [2.05, 4.69) is 45.0 Å². The maximum atomic E-state index is 6.13. The average molecular weight is 323 g/mol. The minimum Gasteiger partial charge on any atom is -0.394 e. The van der Waals surface area contributed by atoms with Crippen molar-refractivity contribution >= 4 is 27.4 Å². The topological polar surface area (TPSA) is 47.1 Å². The summed E-state index contributed by atoms with van der Waals surface area (Å²) in [4.78, 5) is 2.14. The molecule has 0 spiro atoms. The van der Waals surface area contributed by atoms with Crippen LogP contribution in [0.3, 0.4) is 0 Å². The SMILES string of the molecule is CCn1nc(C)c(N)c1N(C)Cc1ccccc1Br. The third-order valence-electron chi connectivity index (χ3n) is 3.17. The van der Waals surface area contributed by atoms with E-state index in [1.165, 1.54) is 5.56 Å². The predicted octanol–water partition coefficient (Wildman–Crippen LogP) is 3.19. The number of nitrogens with two attached hydrogens (primary N) is 1. The lowest BCUT2D eigenvalue weighted by atomic mass is 10.2. The second-order valence-electron chi connectivity index (χ2n) is 4.59. The molecule has 2 N–H and O–H groups in total. The molecule has 1 aromatic heterocycles. The summed E-state index contributed by atoms with van der Waals surface area (Å²) in [6.45, 7) is 5.61. The quantitative estimate of drug-likeness (QED) is 0.940. The fourth-order valence-corrected chi connectivity index (χ4v) is 2.57. The van der Waals surface area contributed by atoms with E-state index in [-0.39, 0.29) is 0 Å². The van der Waals surface area contributed by atoms with Crippen LogP contribution in [0.4, 0.5) is 11.5 Å². The first kappa shape index (κ1) is 13.9. The molecule has 0 atom stereocenters. The van der Waals surface area contributed by atoms with Crippen LogP contribution in [0.2, 0.25) is 0 Å². The number of benzene rings is 1. The molecule has 0 unspecified atom stereocenters. The van der Waals surface area contributed by atoms with Gasteiger partial charge in [-0.3, -0.25) is 0 Å². The summed E-state index contributed by atoms with van der Waals surface area (Å²) in [5.74, 6) is 0.982. The lowest BCUT2D eigenvalue weighted by Crippen LogP contribution is -2.21. The number of hydrogen-bond acceptors (Lipinski definition) is 3. The molecule has 0 radical (unpaired) electrons. The Kier molecular flexibility index (Phi) is 4.14. The smallest absolute Gasteiger partial charge is 0.150 e. The molecule has 0 saturated heterocycles. The van der Waals surface area contributed by atoms with Gasteiger partial charge in [0.2, 0.25) is 0 Å². The van der Waals surface area contributed by atoms with Gasteiger partial charge >= 0.3 is 0 Å². The largest absolute Gasteiger partial charge is 0.394 e. The van der Waals surface area contributed by atoms with Gasteiger partial charge in [-0.1, -0.05) is 34.1 Å². The Morgan fingerprint density at radius 2 is 2.05 bits per heavy atom. The number of nitrogens with zero attached hydrogens (tertiary/aromatic N) is 3. The highest BCUT2D eigenvalue weighted by atomic mass is 79.9. The first-order valence-corrected chi connectivity index (χ1v) is 7.11. The summed E-state index contributed by atoms with van der Waals surface area (Å²) in [5.41, 5.74) is 9.01. The number of nitrogen functional groups attached to an aromatic ring is 1. The minimum atomic E-state index is 0.761. The van der Waals surface area contributed by atoms with Gasteiger partial charge in [0, 0.05) is 24.6 Å². The van der Waals surface area contributed by atoms with Crippen LogP contribution in [0.1, 0.15) is 18.2 Å². The molecule has 0 bridgehead atoms. The first-order chi connectivity index (χ1) is 9.04. The van der Waals surface area contributed by atoms with Crippen LogP contribution >= 0.6 is 15.9 Å². The first-order valence-electron chi connectivity index (χ1n) is 6.32. The number of halogens is 1. The van der Waals surface area contributed by atoms with Gasteiger partial charge < -0.3 is 10.6 Å². The molecule has 102 valence electrons. The van der Waals surface area contributed by atoms with Crippen molar-refractivity contribution in [3.8, 4) is 0 Å². The molecule has 1 heterocycles. The number of aryl methyl sites for hydroxylation is 2. The lowest BCUT2D eigenvalue weighted by Gasteiger charge is -2.21. The van der Waals surface area contributed by atoms with Gasteiger partial charge in [-0.2, -0.15) is 5.10 Å². The summed E-state index contributed by atoms with van der Waals surface area (Å²) in [6.07, 6.45) is 0. The van der Waals surface area contributed by atoms with Gasteiger partial charge in [-0.25, -0.2) is 4.68 Å². The molecule has 5 heteroatoms. The third kappa shape index (κ3) is 2.76. The lowest BCUT2D eigenvalue weighted by molar-refractivity contribution is 0.640. The van der Waals surface area contributed by atoms with Crippen molar-refractivity contribution in [1.29, 1.82) is 0 Å². The molecule has 1 aromatic carbocycles. The molecule has 2 aromatic rings. The maximum absolute atomic E-state index is 6.13. The molecular weight excluding hydrogens is 304 g/mol. The minimum absolute atomic E-state index is 0.761. The van der Waals surface area contributed by atoms with Crippen molar-refractivity contribution in [1.82, 2.24) is 9.78 Å². The molecular formula is C14H19BrN4. The Morgan fingerprint density at radius 3 is 2.68 bits per heavy atom. The van der Waals surface area contributed by atoms with E-state index in [0.29, 0.717) is 0 Å². The van der Waals surface area contributed by atoms with Crippen molar-refractivity contribution in [2.75, 3.05) is 17.7 Å². The number of aromatic nitrogens is 2. The van der Waals surface area contributed by atoms with E-state index >= 15 is 0 Å². The van der Waals surface area contributed by atoms with Gasteiger partial charge in [-0.15, -0.1) is 0 Å². The summed E-state index contributed by atoms with van der Waals surface area (Å²) >= 11 is 3.58. The predicted molar refractivity (Wildman–Crippen MR) is 83.3 cm³/mol. The fraction of sp³-hybridized carbons (Fsp3) is 0.357. The fourth-order valence-electron chi connectivity index (χ4n) is 2.16. The Labute approximate surface area is 122 Å². The van der Waals surface area contributed by atoms with Crippen LogP contribution in [-0.2, 0) is 13.1 Å². The van der Waals surface area contributed by atoms with E-state index < -0.39 is 0 Å². The molecule has 4 nitrogen and oxygen atoms in total. The zero-order chi connectivity index (χ0) is 14.0. The maximum Gasteiger partial charge on any atom is 0.150 e. The second kappa shape index (κ2) is 5.65. The molecule has 2 rings (SSSR count). The van der Waals surface area contributed by atoms with Gasteiger partial charge in [0.25, 0.3) is 0 Å². The monoisotopic (exact) mass is 322 g/mol. The van der Waals surface area contributed by atoms with Crippen LogP contribution in [0.15, 0.2) is 28.7 Å². The molecule has 0 fully saturated rings. The molecule has 0 amide bonds. The molecule has 0 aliphatic heterocycles. The Morgan fingerprint density at radius 1 is 1.37 bits per heavy atom. The Balaban J connectivity index is 2.30. The van der Waals surface area contributed by atoms with Gasteiger partial charge in [0.15, 0.2) is 5.82 Å². The van der Waals surface area contributed by atoms with Crippen molar-refractivity contribution in [3.63, 3.8) is 0 Å². The molecule has 19 heavy (non-hydrogen) atoms. The highest BCUT2D eigenvalue weighted by molar-refractivity contribution is 9.10. The van der Waals surface area contributed by atoms with Gasteiger partial charge in [0.1, 0.15) is 0 Å². The van der Waals surface area contributed by atoms with Gasteiger partial charge in [0.05, 0.1) is 11.4 Å². The van der Waals surface area contributed by atoms with Crippen molar-refractivity contribution in [3.05, 3.63) is 40.0 Å². The zero-order valence-electron chi connectivity index (χ0n) is 11.5. The van der Waals surface area contributed by atoms with Crippen LogP contribution in [-0.4, -0.2) is 16.8 Å². The van der Waals surface area contributed by atoms with E-state index in [1.807, 2.05) is 30.8 Å². The summed E-state index contributed by atoms with van der Waals surface area (Å²) in [7, 11) is 2.04. The number of anilines is 2. The Bertz CT molecular complexity index is 577. The molecule has 0 aliphatic rings. The van der Waals surface area contributed by atoms with Crippen LogP contribution in [0.5, 0.6) is 0 Å². The summed E-state index contributed by atoms with van der Waals surface area (Å²) in [5, 5.41) is 4.45. The molecule has 0 aliphatic carbocycles. The van der Waals surface area contributed by atoms with Crippen LogP contribution in [0.25, 0.3) is 0 Å². The van der Waals surface area contributed by atoms with E-state index in [4.69, 9.17) is 5.73 Å². The Hall–Kier alpha value is -1.49. The van der Waals surface area contributed by atoms with Crippen LogP contribution < -0.4 is 10.6 Å². The van der Waals surface area contributed by atoms with E-state index in [1.54, 1.807) is 0 Å². The summed E-state index contributed by atoms with van der Waals surface area (Å²) < 4.78 is 3.06. The van der Waals surface area contributed by atoms with Crippen molar-refractivity contribution < 1.29 is 0 Å². The van der Waals surface area contributed by atoms with Crippen molar-refractivity contribution in [2.45, 2.75) is 26.9 Å². The highest BCUT2D eigenvalue weighted by Gasteiger charge is 2.16. The van der Waals surface area contributed by atoms with Crippen molar-refractivity contribution in [2.24, 2.45) is 0 Å². The average Bonchev–Trinajstić information content (AvgIpc) is 2.68.